The van der Waals surface area contributed by atoms with Crippen LogP contribution < -0.4 is 0 Å². The molecule has 0 bridgehead atoms. The van der Waals surface area contributed by atoms with Gasteiger partial charge in [0.2, 0.25) is 0 Å². The molecular formula is C18H14N4O4S. The molecule has 0 aliphatic rings. The van der Waals surface area contributed by atoms with Gasteiger partial charge in [-0.2, -0.15) is 4.98 Å². The average Bonchev–Trinajstić information content (AvgIpc) is 3.42. The lowest BCUT2D eigenvalue weighted by Crippen LogP contribution is -2.09. The van der Waals surface area contributed by atoms with Gasteiger partial charge >= 0.3 is 5.97 Å². The van der Waals surface area contributed by atoms with Crippen molar-refractivity contribution in [1.82, 2.24) is 20.3 Å². The summed E-state index contributed by atoms with van der Waals surface area (Å²) in [7, 11) is 0. The number of nitrogens with zero attached hydrogens (tertiary/aromatic N) is 4. The van der Waals surface area contributed by atoms with Gasteiger partial charge in [0.25, 0.3) is 17.7 Å². The lowest BCUT2D eigenvalue weighted by atomic mass is 10.1. The van der Waals surface area contributed by atoms with Crippen LogP contribution in [0.15, 0.2) is 50.7 Å². The van der Waals surface area contributed by atoms with E-state index in [2.05, 4.69) is 20.3 Å². The number of esters is 1. The van der Waals surface area contributed by atoms with Gasteiger partial charge in [-0.25, -0.2) is 4.79 Å². The number of ether oxygens (including phenoxy) is 1. The molecule has 8 nitrogen and oxygen atoms in total. The maximum Gasteiger partial charge on any atom is 0.338 e. The van der Waals surface area contributed by atoms with E-state index in [1.165, 1.54) is 11.3 Å². The number of aromatic nitrogens is 4. The zero-order valence-corrected chi connectivity index (χ0v) is 15.3. The van der Waals surface area contributed by atoms with Gasteiger partial charge in [0.15, 0.2) is 11.9 Å². The van der Waals surface area contributed by atoms with E-state index in [4.69, 9.17) is 13.7 Å². The lowest BCUT2D eigenvalue weighted by Gasteiger charge is -2.09. The van der Waals surface area contributed by atoms with Crippen molar-refractivity contribution in [3.63, 3.8) is 0 Å². The number of hydrogen-bond donors (Lipinski definition) is 0. The Hall–Kier alpha value is -3.33. The molecule has 0 aliphatic heterocycles. The normalized spacial score (nSPS) is 12.1. The molecule has 3 heterocycles. The predicted octanol–water partition coefficient (Wildman–Crippen LogP) is 4.07. The standard InChI is InChI=1S/C18H14N4O4S/c1-10(15-20-21-17(25-15)14-4-3-9-27-14)24-18(23)13-7-5-12(6-8-13)16-19-11(2)22-26-16/h3-10H,1-2H3. The molecule has 0 amide bonds. The molecule has 0 radical (unpaired) electrons. The Morgan fingerprint density at radius 2 is 1.96 bits per heavy atom. The summed E-state index contributed by atoms with van der Waals surface area (Å²) < 4.78 is 16.1. The zero-order valence-electron chi connectivity index (χ0n) is 14.4. The largest absolute Gasteiger partial charge is 0.449 e. The number of rotatable bonds is 5. The third kappa shape index (κ3) is 3.63. The first kappa shape index (κ1) is 17.1. The van der Waals surface area contributed by atoms with Gasteiger partial charge in [-0.3, -0.25) is 0 Å². The molecular weight excluding hydrogens is 368 g/mol. The van der Waals surface area contributed by atoms with E-state index in [0.717, 1.165) is 10.4 Å². The molecule has 0 N–H and O–H groups in total. The Labute approximate surface area is 157 Å². The minimum absolute atomic E-state index is 0.240. The van der Waals surface area contributed by atoms with Crippen LogP contribution in [0.3, 0.4) is 0 Å². The van der Waals surface area contributed by atoms with Gasteiger partial charge in [-0.1, -0.05) is 11.2 Å². The summed E-state index contributed by atoms with van der Waals surface area (Å²) in [5, 5.41) is 13.6. The highest BCUT2D eigenvalue weighted by Crippen LogP contribution is 2.26. The minimum Gasteiger partial charge on any atom is -0.449 e. The van der Waals surface area contributed by atoms with Gasteiger partial charge in [-0.05, 0) is 49.6 Å². The van der Waals surface area contributed by atoms with Crippen LogP contribution in [0, 0.1) is 6.92 Å². The van der Waals surface area contributed by atoms with Crippen LogP contribution in [0.25, 0.3) is 22.2 Å². The highest BCUT2D eigenvalue weighted by Gasteiger charge is 2.20. The number of aryl methyl sites for hydroxylation is 1. The van der Waals surface area contributed by atoms with Crippen LogP contribution in [0.1, 0.15) is 35.1 Å². The first-order chi connectivity index (χ1) is 13.1. The molecule has 0 spiro atoms. The van der Waals surface area contributed by atoms with Crippen molar-refractivity contribution in [2.24, 2.45) is 0 Å². The van der Waals surface area contributed by atoms with E-state index in [-0.39, 0.29) is 5.89 Å². The van der Waals surface area contributed by atoms with Crippen LogP contribution in [-0.4, -0.2) is 26.3 Å². The topological polar surface area (TPSA) is 104 Å². The van der Waals surface area contributed by atoms with E-state index >= 15 is 0 Å². The van der Waals surface area contributed by atoms with E-state index < -0.39 is 12.1 Å². The highest BCUT2D eigenvalue weighted by atomic mass is 32.1. The molecule has 4 aromatic rings. The molecule has 136 valence electrons. The fourth-order valence-electron chi connectivity index (χ4n) is 2.34. The van der Waals surface area contributed by atoms with Crippen LogP contribution in [0.2, 0.25) is 0 Å². The van der Waals surface area contributed by atoms with Crippen LogP contribution in [0.4, 0.5) is 0 Å². The molecule has 27 heavy (non-hydrogen) atoms. The van der Waals surface area contributed by atoms with E-state index in [0.29, 0.717) is 23.2 Å². The Bertz CT molecular complexity index is 1050. The number of benzene rings is 1. The zero-order chi connectivity index (χ0) is 18.8. The summed E-state index contributed by atoms with van der Waals surface area (Å²) in [4.78, 5) is 17.4. The number of carbonyl (C=O) groups excluding carboxylic acids is 1. The van der Waals surface area contributed by atoms with Gasteiger partial charge in [-0.15, -0.1) is 21.5 Å². The van der Waals surface area contributed by atoms with Gasteiger partial charge in [0.1, 0.15) is 0 Å². The van der Waals surface area contributed by atoms with Crippen molar-refractivity contribution in [3.05, 3.63) is 59.1 Å². The second-order valence-corrected chi connectivity index (χ2v) is 6.64. The van der Waals surface area contributed by atoms with E-state index in [1.807, 2.05) is 17.5 Å². The van der Waals surface area contributed by atoms with Gasteiger partial charge in [0.05, 0.1) is 10.4 Å². The Morgan fingerprint density at radius 1 is 1.15 bits per heavy atom. The fraction of sp³-hybridized carbons (Fsp3) is 0.167. The first-order valence-electron chi connectivity index (χ1n) is 8.09. The SMILES string of the molecule is Cc1noc(-c2ccc(C(=O)OC(C)c3nnc(-c4cccs4)o3)cc2)n1. The smallest absolute Gasteiger partial charge is 0.338 e. The summed E-state index contributed by atoms with van der Waals surface area (Å²) in [6.07, 6.45) is -0.669. The number of hydrogen-bond acceptors (Lipinski definition) is 9. The van der Waals surface area contributed by atoms with Crippen molar-refractivity contribution in [2.75, 3.05) is 0 Å². The maximum atomic E-state index is 12.4. The molecule has 1 atom stereocenters. The first-order valence-corrected chi connectivity index (χ1v) is 8.97. The lowest BCUT2D eigenvalue weighted by molar-refractivity contribution is 0.0280. The summed E-state index contributed by atoms with van der Waals surface area (Å²) in [5.74, 6) is 1.09. The highest BCUT2D eigenvalue weighted by molar-refractivity contribution is 7.13. The molecule has 4 rings (SSSR count). The van der Waals surface area contributed by atoms with Crippen molar-refractivity contribution in [3.8, 4) is 22.2 Å². The van der Waals surface area contributed by atoms with E-state index in [9.17, 15) is 4.79 Å². The third-order valence-electron chi connectivity index (χ3n) is 3.70. The molecule has 0 fully saturated rings. The Morgan fingerprint density at radius 3 is 2.63 bits per heavy atom. The number of thiophene rings is 1. The quantitative estimate of drug-likeness (QED) is 0.476. The summed E-state index contributed by atoms with van der Waals surface area (Å²) >= 11 is 1.49. The van der Waals surface area contributed by atoms with E-state index in [1.54, 1.807) is 38.1 Å². The second kappa shape index (κ2) is 7.12. The minimum atomic E-state index is -0.669. The third-order valence-corrected chi connectivity index (χ3v) is 4.56. The Balaban J connectivity index is 1.44. The van der Waals surface area contributed by atoms with Crippen molar-refractivity contribution in [2.45, 2.75) is 20.0 Å². The fourth-order valence-corrected chi connectivity index (χ4v) is 2.99. The number of carbonyl (C=O) groups is 1. The summed E-state index contributed by atoms with van der Waals surface area (Å²) in [5.41, 5.74) is 1.11. The van der Waals surface area contributed by atoms with Crippen LogP contribution >= 0.6 is 11.3 Å². The van der Waals surface area contributed by atoms with Crippen molar-refractivity contribution in [1.29, 1.82) is 0 Å². The molecule has 0 saturated carbocycles. The van der Waals surface area contributed by atoms with Gasteiger partial charge < -0.3 is 13.7 Å². The van der Waals surface area contributed by atoms with Gasteiger partial charge in [0, 0.05) is 5.56 Å². The molecule has 3 aromatic heterocycles. The predicted molar refractivity (Wildman–Crippen MR) is 95.9 cm³/mol. The molecule has 1 unspecified atom stereocenters. The monoisotopic (exact) mass is 382 g/mol. The molecule has 0 aliphatic carbocycles. The van der Waals surface area contributed by atoms with Crippen molar-refractivity contribution < 1.29 is 18.5 Å². The second-order valence-electron chi connectivity index (χ2n) is 5.69. The average molecular weight is 382 g/mol. The van der Waals surface area contributed by atoms with Crippen LogP contribution in [0.5, 0.6) is 0 Å². The van der Waals surface area contributed by atoms with Crippen molar-refractivity contribution >= 4 is 17.3 Å². The molecule has 0 saturated heterocycles. The molecule has 9 heteroatoms. The summed E-state index contributed by atoms with van der Waals surface area (Å²) in [6.45, 7) is 3.42. The van der Waals surface area contributed by atoms with Crippen LogP contribution in [-0.2, 0) is 4.74 Å². The maximum absolute atomic E-state index is 12.4. The Kier molecular flexibility index (Phi) is 4.51. The summed E-state index contributed by atoms with van der Waals surface area (Å²) in [6, 6.07) is 10.5. The molecule has 1 aromatic carbocycles.